The van der Waals surface area contributed by atoms with Crippen molar-refractivity contribution < 1.29 is 35.9 Å². The van der Waals surface area contributed by atoms with Crippen LogP contribution in [0.4, 0.5) is 26.3 Å². The molecule has 0 spiro atoms. The van der Waals surface area contributed by atoms with Crippen molar-refractivity contribution in [1.82, 2.24) is 10.3 Å². The van der Waals surface area contributed by atoms with Gasteiger partial charge in [-0.05, 0) is 18.2 Å². The zero-order valence-electron chi connectivity index (χ0n) is 13.1. The largest absolute Gasteiger partial charge is 0.417 e. The van der Waals surface area contributed by atoms with Crippen molar-refractivity contribution in [2.75, 3.05) is 6.54 Å². The first-order valence-electron chi connectivity index (χ1n) is 7.11. The van der Waals surface area contributed by atoms with E-state index in [1.807, 2.05) is 5.32 Å². The van der Waals surface area contributed by atoms with Gasteiger partial charge in [-0.3, -0.25) is 14.6 Å². The van der Waals surface area contributed by atoms with Crippen molar-refractivity contribution in [2.45, 2.75) is 12.4 Å². The van der Waals surface area contributed by atoms with Crippen LogP contribution in [0.25, 0.3) is 0 Å². The number of hydrogen-bond donors (Lipinski definition) is 1. The summed E-state index contributed by atoms with van der Waals surface area (Å²) in [4.78, 5) is 27.3. The molecular weight excluding hydrogens is 402 g/mol. The standard InChI is InChI=1S/C16H9ClF6N2O2/c17-11-5-8(15(18,19)20)6-24-13(11)12(26)7-25-14(27)9-3-1-2-4-10(9)16(21,22)23/h1-6H,7H2,(H,25,27). The second-order valence-electron chi connectivity index (χ2n) is 5.20. The Morgan fingerprint density at radius 3 is 2.22 bits per heavy atom. The Labute approximate surface area is 153 Å². The summed E-state index contributed by atoms with van der Waals surface area (Å²) < 4.78 is 76.3. The molecule has 144 valence electrons. The van der Waals surface area contributed by atoms with Crippen LogP contribution in [-0.4, -0.2) is 23.2 Å². The summed E-state index contributed by atoms with van der Waals surface area (Å²) in [6.45, 7) is -0.802. The summed E-state index contributed by atoms with van der Waals surface area (Å²) in [5.74, 6) is -2.15. The fourth-order valence-corrected chi connectivity index (χ4v) is 2.34. The summed E-state index contributed by atoms with van der Waals surface area (Å²) in [6.07, 6.45) is -9.11. The monoisotopic (exact) mass is 410 g/mol. The quantitative estimate of drug-likeness (QED) is 0.601. The van der Waals surface area contributed by atoms with Gasteiger partial charge in [0.05, 0.1) is 28.3 Å². The summed E-state index contributed by atoms with van der Waals surface area (Å²) in [7, 11) is 0. The van der Waals surface area contributed by atoms with Crippen molar-refractivity contribution in [3.8, 4) is 0 Å². The van der Waals surface area contributed by atoms with Crippen molar-refractivity contribution >= 4 is 23.3 Å². The fourth-order valence-electron chi connectivity index (χ4n) is 2.07. The first kappa shape index (κ1) is 20.7. The van der Waals surface area contributed by atoms with Crippen LogP contribution >= 0.6 is 11.6 Å². The zero-order chi connectivity index (χ0) is 20.4. The highest BCUT2D eigenvalue weighted by Crippen LogP contribution is 2.32. The number of rotatable bonds is 4. The van der Waals surface area contributed by atoms with E-state index in [4.69, 9.17) is 11.6 Å². The van der Waals surface area contributed by atoms with Crippen molar-refractivity contribution in [2.24, 2.45) is 0 Å². The first-order chi connectivity index (χ1) is 12.4. The van der Waals surface area contributed by atoms with Gasteiger partial charge < -0.3 is 5.32 Å². The molecule has 1 heterocycles. The van der Waals surface area contributed by atoms with Gasteiger partial charge in [-0.1, -0.05) is 23.7 Å². The summed E-state index contributed by atoms with van der Waals surface area (Å²) in [6, 6.07) is 4.41. The van der Waals surface area contributed by atoms with E-state index in [9.17, 15) is 35.9 Å². The maximum absolute atomic E-state index is 12.9. The molecule has 11 heteroatoms. The third kappa shape index (κ3) is 4.97. The van der Waals surface area contributed by atoms with Gasteiger partial charge in [-0.2, -0.15) is 26.3 Å². The maximum Gasteiger partial charge on any atom is 0.417 e. The highest BCUT2D eigenvalue weighted by atomic mass is 35.5. The number of alkyl halides is 6. The van der Waals surface area contributed by atoms with Crippen LogP contribution in [0.3, 0.4) is 0 Å². The summed E-state index contributed by atoms with van der Waals surface area (Å²) in [5.41, 5.74) is -3.62. The predicted molar refractivity (Wildman–Crippen MR) is 82.4 cm³/mol. The van der Waals surface area contributed by atoms with E-state index in [0.29, 0.717) is 18.3 Å². The molecule has 27 heavy (non-hydrogen) atoms. The Morgan fingerprint density at radius 1 is 1.04 bits per heavy atom. The molecule has 0 saturated heterocycles. The number of nitrogens with zero attached hydrogens (tertiary/aromatic N) is 1. The second kappa shape index (κ2) is 7.55. The Hall–Kier alpha value is -2.62. The van der Waals surface area contributed by atoms with Gasteiger partial charge >= 0.3 is 12.4 Å². The number of amides is 1. The van der Waals surface area contributed by atoms with Gasteiger partial charge in [0.15, 0.2) is 0 Å². The average molecular weight is 411 g/mol. The number of carbonyl (C=O) groups excluding carboxylic acids is 2. The molecular formula is C16H9ClF6N2O2. The molecule has 2 aromatic rings. The number of benzene rings is 1. The lowest BCUT2D eigenvalue weighted by atomic mass is 10.1. The van der Waals surface area contributed by atoms with Gasteiger partial charge in [0, 0.05) is 6.20 Å². The molecule has 1 N–H and O–H groups in total. The van der Waals surface area contributed by atoms with Crippen LogP contribution < -0.4 is 5.32 Å². The van der Waals surface area contributed by atoms with E-state index in [-0.39, 0.29) is 0 Å². The SMILES string of the molecule is O=C(NCC(=O)c1ncc(C(F)(F)F)cc1Cl)c1ccccc1C(F)(F)F. The van der Waals surface area contributed by atoms with E-state index in [1.54, 1.807) is 0 Å². The van der Waals surface area contributed by atoms with E-state index >= 15 is 0 Å². The molecule has 4 nitrogen and oxygen atoms in total. The van der Waals surface area contributed by atoms with E-state index in [1.165, 1.54) is 6.07 Å². The van der Waals surface area contributed by atoms with Gasteiger partial charge in [-0.25, -0.2) is 0 Å². The van der Waals surface area contributed by atoms with Crippen molar-refractivity contribution in [1.29, 1.82) is 0 Å². The maximum atomic E-state index is 12.9. The number of nitrogens with one attached hydrogen (secondary N) is 1. The Bertz CT molecular complexity index is 880. The van der Waals surface area contributed by atoms with E-state index in [0.717, 1.165) is 12.1 Å². The van der Waals surface area contributed by atoms with Crippen LogP contribution in [0.15, 0.2) is 36.5 Å². The molecule has 0 bridgehead atoms. The molecule has 0 aliphatic rings. The van der Waals surface area contributed by atoms with Crippen LogP contribution in [-0.2, 0) is 12.4 Å². The van der Waals surface area contributed by atoms with Crippen LogP contribution in [0, 0.1) is 0 Å². The number of halogens is 7. The molecule has 0 aliphatic carbocycles. The average Bonchev–Trinajstić information content (AvgIpc) is 2.57. The highest BCUT2D eigenvalue weighted by Gasteiger charge is 2.35. The minimum atomic E-state index is -4.78. The Kier molecular flexibility index (Phi) is 5.79. The first-order valence-corrected chi connectivity index (χ1v) is 7.49. The Balaban J connectivity index is 2.14. The Morgan fingerprint density at radius 2 is 1.67 bits per heavy atom. The molecule has 0 saturated carbocycles. The topological polar surface area (TPSA) is 59.1 Å². The predicted octanol–water partition coefficient (Wildman–Crippen LogP) is 4.39. The van der Waals surface area contributed by atoms with Gasteiger partial charge in [0.1, 0.15) is 5.69 Å². The molecule has 1 amide bonds. The molecule has 2 rings (SSSR count). The number of pyridine rings is 1. The normalized spacial score (nSPS) is 12.0. The number of hydrogen-bond acceptors (Lipinski definition) is 3. The van der Waals surface area contributed by atoms with Gasteiger partial charge in [0.25, 0.3) is 5.91 Å². The van der Waals surface area contributed by atoms with Crippen LogP contribution in [0.1, 0.15) is 32.0 Å². The van der Waals surface area contributed by atoms with Gasteiger partial charge in [-0.15, -0.1) is 0 Å². The lowest BCUT2D eigenvalue weighted by Gasteiger charge is -2.12. The van der Waals surface area contributed by atoms with Crippen molar-refractivity contribution in [3.63, 3.8) is 0 Å². The van der Waals surface area contributed by atoms with Gasteiger partial charge in [0.2, 0.25) is 5.78 Å². The van der Waals surface area contributed by atoms with E-state index < -0.39 is 58.0 Å². The molecule has 0 fully saturated rings. The summed E-state index contributed by atoms with van der Waals surface area (Å²) >= 11 is 5.60. The molecule has 0 atom stereocenters. The van der Waals surface area contributed by atoms with E-state index in [2.05, 4.69) is 4.98 Å². The van der Waals surface area contributed by atoms with Crippen molar-refractivity contribution in [3.05, 3.63) is 63.9 Å². The third-order valence-corrected chi connectivity index (χ3v) is 3.61. The lowest BCUT2D eigenvalue weighted by molar-refractivity contribution is -0.138. The number of carbonyl (C=O) groups is 2. The molecule has 0 unspecified atom stereocenters. The van der Waals surface area contributed by atoms with Crippen LogP contribution in [0.5, 0.6) is 0 Å². The summed E-state index contributed by atoms with van der Waals surface area (Å²) in [5, 5.41) is 1.37. The number of Topliss-reactive ketones (excluding diaryl/α,β-unsaturated/α-hetero) is 1. The minimum absolute atomic E-state index is 0.389. The molecule has 0 aliphatic heterocycles. The number of ketones is 1. The fraction of sp³-hybridized carbons (Fsp3) is 0.188. The zero-order valence-corrected chi connectivity index (χ0v) is 13.8. The molecule has 1 aromatic heterocycles. The minimum Gasteiger partial charge on any atom is -0.344 e. The third-order valence-electron chi connectivity index (χ3n) is 3.32. The highest BCUT2D eigenvalue weighted by molar-refractivity contribution is 6.33. The lowest BCUT2D eigenvalue weighted by Crippen LogP contribution is -2.31. The smallest absolute Gasteiger partial charge is 0.344 e. The van der Waals surface area contributed by atoms with Crippen LogP contribution in [0.2, 0.25) is 5.02 Å². The molecule has 0 radical (unpaired) electrons. The number of aromatic nitrogens is 1. The second-order valence-corrected chi connectivity index (χ2v) is 5.61. The molecule has 1 aromatic carbocycles.